The number of amides is 1. The third kappa shape index (κ3) is 4.80. The number of nitrogens with zero attached hydrogens (tertiary/aromatic N) is 2. The normalized spacial score (nSPS) is 16.6. The molecule has 1 heterocycles. The Morgan fingerprint density at radius 2 is 1.86 bits per heavy atom. The number of rotatable bonds is 7. The summed E-state index contributed by atoms with van der Waals surface area (Å²) in [7, 11) is 0. The standard InChI is InChI=1S/C17H28N4O/c1-2-20-10-12-21(13-11-20)9-5-8-19-17(22)16-7-4-3-6-15(16)14-18/h3-4,6-7H,2,5,8-14,18H2,1H3,(H,19,22). The number of hydrogen-bond donors (Lipinski definition) is 2. The lowest BCUT2D eigenvalue weighted by molar-refractivity contribution is 0.0947. The van der Waals surface area contributed by atoms with Crippen molar-refractivity contribution in [2.45, 2.75) is 19.9 Å². The number of carbonyl (C=O) groups is 1. The van der Waals surface area contributed by atoms with E-state index in [0.29, 0.717) is 18.7 Å². The van der Waals surface area contributed by atoms with Crippen LogP contribution in [0.4, 0.5) is 0 Å². The summed E-state index contributed by atoms with van der Waals surface area (Å²) in [6, 6.07) is 7.53. The Kier molecular flexibility index (Phi) is 6.83. The molecule has 1 amide bonds. The van der Waals surface area contributed by atoms with Crippen molar-refractivity contribution in [3.63, 3.8) is 0 Å². The van der Waals surface area contributed by atoms with Crippen LogP contribution in [-0.4, -0.2) is 61.5 Å². The molecule has 0 spiro atoms. The van der Waals surface area contributed by atoms with Crippen LogP contribution < -0.4 is 11.1 Å². The lowest BCUT2D eigenvalue weighted by Gasteiger charge is -2.33. The fourth-order valence-electron chi connectivity index (χ4n) is 2.85. The van der Waals surface area contributed by atoms with Crippen molar-refractivity contribution in [2.75, 3.05) is 45.8 Å². The topological polar surface area (TPSA) is 61.6 Å². The van der Waals surface area contributed by atoms with Gasteiger partial charge in [0.05, 0.1) is 0 Å². The van der Waals surface area contributed by atoms with E-state index in [0.717, 1.165) is 51.3 Å². The maximum Gasteiger partial charge on any atom is 0.251 e. The summed E-state index contributed by atoms with van der Waals surface area (Å²) < 4.78 is 0. The predicted octanol–water partition coefficient (Wildman–Crippen LogP) is 0.903. The van der Waals surface area contributed by atoms with Gasteiger partial charge in [0.1, 0.15) is 0 Å². The first-order valence-corrected chi connectivity index (χ1v) is 8.25. The van der Waals surface area contributed by atoms with Crippen molar-refractivity contribution in [3.8, 4) is 0 Å². The highest BCUT2D eigenvalue weighted by Crippen LogP contribution is 2.07. The number of hydrogen-bond acceptors (Lipinski definition) is 4. The van der Waals surface area contributed by atoms with Crippen LogP contribution in [0.25, 0.3) is 0 Å². The van der Waals surface area contributed by atoms with Crippen molar-refractivity contribution in [2.24, 2.45) is 5.73 Å². The highest BCUT2D eigenvalue weighted by molar-refractivity contribution is 5.95. The zero-order valence-electron chi connectivity index (χ0n) is 13.6. The molecule has 0 radical (unpaired) electrons. The minimum atomic E-state index is -0.0168. The average Bonchev–Trinajstić information content (AvgIpc) is 2.59. The summed E-state index contributed by atoms with van der Waals surface area (Å²) in [5.74, 6) is -0.0168. The smallest absolute Gasteiger partial charge is 0.251 e. The Hall–Kier alpha value is -1.43. The lowest BCUT2D eigenvalue weighted by Crippen LogP contribution is -2.46. The number of carbonyl (C=O) groups excluding carboxylic acids is 1. The minimum absolute atomic E-state index is 0.0168. The van der Waals surface area contributed by atoms with E-state index in [-0.39, 0.29) is 5.91 Å². The Morgan fingerprint density at radius 1 is 1.18 bits per heavy atom. The lowest BCUT2D eigenvalue weighted by atomic mass is 10.1. The van der Waals surface area contributed by atoms with Crippen LogP contribution in [0.2, 0.25) is 0 Å². The maximum atomic E-state index is 12.2. The van der Waals surface area contributed by atoms with Gasteiger partial charge in [-0.15, -0.1) is 0 Å². The van der Waals surface area contributed by atoms with Gasteiger partial charge >= 0.3 is 0 Å². The molecule has 1 saturated heterocycles. The van der Waals surface area contributed by atoms with Crippen LogP contribution in [-0.2, 0) is 6.54 Å². The molecule has 1 fully saturated rings. The first-order chi connectivity index (χ1) is 10.7. The number of benzene rings is 1. The Balaban J connectivity index is 1.67. The van der Waals surface area contributed by atoms with E-state index in [4.69, 9.17) is 5.73 Å². The summed E-state index contributed by atoms with van der Waals surface area (Å²) in [4.78, 5) is 17.1. The SMILES string of the molecule is CCN1CCN(CCCNC(=O)c2ccccc2CN)CC1. The second-order valence-corrected chi connectivity index (χ2v) is 5.75. The second kappa shape index (κ2) is 8.88. The van der Waals surface area contributed by atoms with Gasteiger partial charge in [0.15, 0.2) is 0 Å². The fourth-order valence-corrected chi connectivity index (χ4v) is 2.85. The van der Waals surface area contributed by atoms with Gasteiger partial charge in [0.25, 0.3) is 5.91 Å². The largest absolute Gasteiger partial charge is 0.352 e. The maximum absolute atomic E-state index is 12.2. The van der Waals surface area contributed by atoms with Gasteiger partial charge in [-0.25, -0.2) is 0 Å². The molecule has 2 rings (SSSR count). The van der Waals surface area contributed by atoms with Gasteiger partial charge < -0.3 is 20.9 Å². The van der Waals surface area contributed by atoms with Crippen LogP contribution in [0, 0.1) is 0 Å². The summed E-state index contributed by atoms with van der Waals surface area (Å²) in [5, 5.41) is 3.00. The summed E-state index contributed by atoms with van der Waals surface area (Å²) >= 11 is 0. The van der Waals surface area contributed by atoms with E-state index in [9.17, 15) is 4.79 Å². The number of nitrogens with one attached hydrogen (secondary N) is 1. The first kappa shape index (κ1) is 16.9. The van der Waals surface area contributed by atoms with E-state index in [2.05, 4.69) is 22.0 Å². The van der Waals surface area contributed by atoms with Crippen molar-refractivity contribution in [3.05, 3.63) is 35.4 Å². The van der Waals surface area contributed by atoms with E-state index in [1.54, 1.807) is 0 Å². The molecule has 0 unspecified atom stereocenters. The molecule has 5 nitrogen and oxygen atoms in total. The fraction of sp³-hybridized carbons (Fsp3) is 0.588. The zero-order valence-corrected chi connectivity index (χ0v) is 13.6. The van der Waals surface area contributed by atoms with Crippen molar-refractivity contribution >= 4 is 5.91 Å². The van der Waals surface area contributed by atoms with Crippen LogP contribution >= 0.6 is 0 Å². The number of nitrogens with two attached hydrogens (primary N) is 1. The van der Waals surface area contributed by atoms with Gasteiger partial charge in [-0.1, -0.05) is 25.1 Å². The van der Waals surface area contributed by atoms with Crippen molar-refractivity contribution in [1.82, 2.24) is 15.1 Å². The average molecular weight is 304 g/mol. The molecule has 1 aliphatic rings. The molecule has 3 N–H and O–H groups in total. The highest BCUT2D eigenvalue weighted by atomic mass is 16.1. The molecule has 0 aliphatic carbocycles. The monoisotopic (exact) mass is 304 g/mol. The molecule has 5 heteroatoms. The minimum Gasteiger partial charge on any atom is -0.352 e. The van der Waals surface area contributed by atoms with Crippen molar-refractivity contribution in [1.29, 1.82) is 0 Å². The molecule has 1 aliphatic heterocycles. The van der Waals surface area contributed by atoms with E-state index in [1.807, 2.05) is 24.3 Å². The van der Waals surface area contributed by atoms with Gasteiger partial charge in [-0.3, -0.25) is 4.79 Å². The Bertz CT molecular complexity index is 469. The van der Waals surface area contributed by atoms with Crippen LogP contribution in [0.15, 0.2) is 24.3 Å². The predicted molar refractivity (Wildman–Crippen MR) is 89.8 cm³/mol. The zero-order chi connectivity index (χ0) is 15.8. The molecular formula is C17H28N4O. The molecule has 0 atom stereocenters. The number of likely N-dealkylation sites (N-methyl/N-ethyl adjacent to an activating group) is 1. The van der Waals surface area contributed by atoms with Gasteiger partial charge in [0, 0.05) is 44.8 Å². The second-order valence-electron chi connectivity index (χ2n) is 5.75. The summed E-state index contributed by atoms with van der Waals surface area (Å²) in [6.07, 6.45) is 0.989. The van der Waals surface area contributed by atoms with E-state index < -0.39 is 0 Å². The summed E-state index contributed by atoms with van der Waals surface area (Å²) in [6.45, 7) is 10.1. The molecule has 1 aromatic carbocycles. The van der Waals surface area contributed by atoms with Gasteiger partial charge in [-0.05, 0) is 31.1 Å². The Morgan fingerprint density at radius 3 is 2.55 bits per heavy atom. The van der Waals surface area contributed by atoms with E-state index in [1.165, 1.54) is 0 Å². The molecule has 0 aromatic heterocycles. The van der Waals surface area contributed by atoms with Gasteiger partial charge in [-0.2, -0.15) is 0 Å². The van der Waals surface area contributed by atoms with Crippen LogP contribution in [0.3, 0.4) is 0 Å². The Labute approximate surface area is 133 Å². The van der Waals surface area contributed by atoms with Crippen LogP contribution in [0.5, 0.6) is 0 Å². The first-order valence-electron chi connectivity index (χ1n) is 8.25. The molecule has 122 valence electrons. The molecule has 22 heavy (non-hydrogen) atoms. The number of piperazine rings is 1. The molecule has 1 aromatic rings. The van der Waals surface area contributed by atoms with Crippen molar-refractivity contribution < 1.29 is 4.79 Å². The molecular weight excluding hydrogens is 276 g/mol. The highest BCUT2D eigenvalue weighted by Gasteiger charge is 2.15. The summed E-state index contributed by atoms with van der Waals surface area (Å²) in [5.41, 5.74) is 7.27. The third-order valence-corrected chi connectivity index (χ3v) is 4.33. The molecule has 0 saturated carbocycles. The third-order valence-electron chi connectivity index (χ3n) is 4.33. The molecule has 0 bridgehead atoms. The van der Waals surface area contributed by atoms with Crippen LogP contribution in [0.1, 0.15) is 29.3 Å². The van der Waals surface area contributed by atoms with E-state index >= 15 is 0 Å². The van der Waals surface area contributed by atoms with Gasteiger partial charge in [0.2, 0.25) is 0 Å². The quantitative estimate of drug-likeness (QED) is 0.735.